The van der Waals surface area contributed by atoms with Crippen molar-refractivity contribution in [1.82, 2.24) is 15.1 Å². The summed E-state index contributed by atoms with van der Waals surface area (Å²) in [6, 6.07) is 3.92. The molecular formula is C11H18N4. The highest BCUT2D eigenvalue weighted by molar-refractivity contribution is 5.06. The molecule has 1 atom stereocenters. The van der Waals surface area contributed by atoms with Gasteiger partial charge < -0.3 is 10.6 Å². The van der Waals surface area contributed by atoms with Crippen LogP contribution in [0, 0.1) is 5.92 Å². The highest BCUT2D eigenvalue weighted by atomic mass is 15.1. The highest BCUT2D eigenvalue weighted by Gasteiger charge is 2.24. The summed E-state index contributed by atoms with van der Waals surface area (Å²) in [5.41, 5.74) is 7.12. The molecule has 1 aliphatic heterocycles. The van der Waals surface area contributed by atoms with Crippen LogP contribution >= 0.6 is 0 Å². The summed E-state index contributed by atoms with van der Waals surface area (Å²) in [4.78, 5) is 2.35. The van der Waals surface area contributed by atoms with Gasteiger partial charge in [0.2, 0.25) is 0 Å². The molecule has 0 saturated carbocycles. The van der Waals surface area contributed by atoms with Gasteiger partial charge in [-0.15, -0.1) is 0 Å². The molecule has 2 N–H and O–H groups in total. The van der Waals surface area contributed by atoms with Crippen LogP contribution in [-0.4, -0.2) is 35.2 Å². The van der Waals surface area contributed by atoms with Crippen LogP contribution in [0.25, 0.3) is 0 Å². The lowest BCUT2D eigenvalue weighted by atomic mass is 9.88. The van der Waals surface area contributed by atoms with Crippen molar-refractivity contribution in [2.24, 2.45) is 11.7 Å². The second-order valence-electron chi connectivity index (χ2n) is 4.32. The van der Waals surface area contributed by atoms with Crippen LogP contribution in [0.5, 0.6) is 0 Å². The number of aromatic nitrogens is 2. The van der Waals surface area contributed by atoms with Crippen LogP contribution in [0.3, 0.4) is 0 Å². The molecule has 15 heavy (non-hydrogen) atoms. The largest absolute Gasteiger partial charge is 0.322 e. The Kier molecular flexibility index (Phi) is 3.28. The summed E-state index contributed by atoms with van der Waals surface area (Å²) >= 11 is 0. The summed E-state index contributed by atoms with van der Waals surface area (Å²) < 4.78 is 0. The first-order valence-electron chi connectivity index (χ1n) is 5.49. The van der Waals surface area contributed by atoms with Crippen LogP contribution < -0.4 is 5.73 Å². The van der Waals surface area contributed by atoms with E-state index in [1.165, 1.54) is 0 Å². The van der Waals surface area contributed by atoms with Gasteiger partial charge in [-0.05, 0) is 51.0 Å². The summed E-state index contributed by atoms with van der Waals surface area (Å²) in [5.74, 6) is 0.554. The first kappa shape index (κ1) is 10.5. The molecule has 4 heteroatoms. The molecule has 2 heterocycles. The van der Waals surface area contributed by atoms with E-state index >= 15 is 0 Å². The molecule has 82 valence electrons. The third-order valence-electron chi connectivity index (χ3n) is 3.21. The Morgan fingerprint density at radius 3 is 2.80 bits per heavy atom. The molecule has 1 fully saturated rings. The molecule has 1 unspecified atom stereocenters. The Balaban J connectivity index is 1.99. The van der Waals surface area contributed by atoms with Crippen molar-refractivity contribution in [3.63, 3.8) is 0 Å². The number of piperidine rings is 1. The average Bonchev–Trinajstić information content (AvgIpc) is 2.30. The van der Waals surface area contributed by atoms with Gasteiger partial charge in [0.25, 0.3) is 0 Å². The molecular weight excluding hydrogens is 188 g/mol. The zero-order valence-corrected chi connectivity index (χ0v) is 9.13. The molecule has 0 aromatic carbocycles. The van der Waals surface area contributed by atoms with Crippen LogP contribution in [0.15, 0.2) is 18.3 Å². The number of hydrogen-bond acceptors (Lipinski definition) is 4. The third kappa shape index (κ3) is 2.52. The number of rotatable bonds is 2. The van der Waals surface area contributed by atoms with E-state index in [0.29, 0.717) is 5.92 Å². The van der Waals surface area contributed by atoms with Crippen LogP contribution in [-0.2, 0) is 0 Å². The average molecular weight is 206 g/mol. The monoisotopic (exact) mass is 206 g/mol. The molecule has 0 bridgehead atoms. The van der Waals surface area contributed by atoms with E-state index in [9.17, 15) is 0 Å². The molecule has 1 aromatic rings. The predicted octanol–water partition coefficient (Wildman–Crippen LogP) is 0.818. The summed E-state index contributed by atoms with van der Waals surface area (Å²) in [7, 11) is 2.16. The fourth-order valence-corrected chi connectivity index (χ4v) is 2.12. The Hall–Kier alpha value is -1.00. The Labute approximate surface area is 90.5 Å². The highest BCUT2D eigenvalue weighted by Crippen LogP contribution is 2.26. The minimum absolute atomic E-state index is 0.0485. The van der Waals surface area contributed by atoms with E-state index in [0.717, 1.165) is 31.6 Å². The van der Waals surface area contributed by atoms with Crippen molar-refractivity contribution in [3.05, 3.63) is 24.0 Å². The lowest BCUT2D eigenvalue weighted by Gasteiger charge is -2.32. The topological polar surface area (TPSA) is 55.0 Å². The summed E-state index contributed by atoms with van der Waals surface area (Å²) in [5, 5.41) is 7.96. The maximum absolute atomic E-state index is 6.19. The van der Waals surface area contributed by atoms with Crippen molar-refractivity contribution in [2.75, 3.05) is 20.1 Å². The normalized spacial score (nSPS) is 21.5. The standard InChI is InChI=1S/C11H18N4/c1-15-7-4-9(5-8-15)11(12)10-3-2-6-13-14-10/h2-3,6,9,11H,4-5,7-8,12H2,1H3. The van der Waals surface area contributed by atoms with Crippen molar-refractivity contribution in [3.8, 4) is 0 Å². The smallest absolute Gasteiger partial charge is 0.0801 e. The molecule has 1 saturated heterocycles. The van der Waals surface area contributed by atoms with Crippen molar-refractivity contribution in [1.29, 1.82) is 0 Å². The van der Waals surface area contributed by atoms with Gasteiger partial charge in [0.15, 0.2) is 0 Å². The van der Waals surface area contributed by atoms with Gasteiger partial charge in [-0.25, -0.2) is 0 Å². The first-order chi connectivity index (χ1) is 7.27. The Bertz CT molecular complexity index is 293. The molecule has 1 aromatic heterocycles. The minimum Gasteiger partial charge on any atom is -0.322 e. The maximum Gasteiger partial charge on any atom is 0.0801 e. The number of nitrogens with zero attached hydrogens (tertiary/aromatic N) is 3. The van der Waals surface area contributed by atoms with Gasteiger partial charge >= 0.3 is 0 Å². The molecule has 0 radical (unpaired) electrons. The number of hydrogen-bond donors (Lipinski definition) is 1. The number of nitrogens with two attached hydrogens (primary N) is 1. The molecule has 0 spiro atoms. The zero-order valence-electron chi connectivity index (χ0n) is 9.13. The quantitative estimate of drug-likeness (QED) is 0.778. The Morgan fingerprint density at radius 2 is 2.20 bits per heavy atom. The minimum atomic E-state index is 0.0485. The maximum atomic E-state index is 6.19. The van der Waals surface area contributed by atoms with Crippen LogP contribution in [0.2, 0.25) is 0 Å². The van der Waals surface area contributed by atoms with Gasteiger partial charge in [0, 0.05) is 6.20 Å². The zero-order chi connectivity index (χ0) is 10.7. The summed E-state index contributed by atoms with van der Waals surface area (Å²) in [6.45, 7) is 2.28. The first-order valence-corrected chi connectivity index (χ1v) is 5.49. The number of likely N-dealkylation sites (tertiary alicyclic amines) is 1. The molecule has 4 nitrogen and oxygen atoms in total. The second-order valence-corrected chi connectivity index (χ2v) is 4.32. The molecule has 0 amide bonds. The van der Waals surface area contributed by atoms with Gasteiger partial charge in [0.1, 0.15) is 0 Å². The van der Waals surface area contributed by atoms with Crippen LogP contribution in [0.4, 0.5) is 0 Å². The lowest BCUT2D eigenvalue weighted by Crippen LogP contribution is -2.35. The second kappa shape index (κ2) is 4.68. The summed E-state index contributed by atoms with van der Waals surface area (Å²) in [6.07, 6.45) is 4.01. The predicted molar refractivity (Wildman–Crippen MR) is 59.2 cm³/mol. The van der Waals surface area contributed by atoms with E-state index in [1.54, 1.807) is 6.20 Å². The molecule has 0 aliphatic carbocycles. The third-order valence-corrected chi connectivity index (χ3v) is 3.21. The van der Waals surface area contributed by atoms with E-state index in [-0.39, 0.29) is 6.04 Å². The van der Waals surface area contributed by atoms with Gasteiger partial charge in [-0.1, -0.05) is 0 Å². The van der Waals surface area contributed by atoms with E-state index in [2.05, 4.69) is 22.1 Å². The fourth-order valence-electron chi connectivity index (χ4n) is 2.12. The van der Waals surface area contributed by atoms with E-state index in [1.807, 2.05) is 12.1 Å². The van der Waals surface area contributed by atoms with Gasteiger partial charge in [0.05, 0.1) is 11.7 Å². The Morgan fingerprint density at radius 1 is 1.47 bits per heavy atom. The lowest BCUT2D eigenvalue weighted by molar-refractivity contribution is 0.197. The molecule has 1 aliphatic rings. The van der Waals surface area contributed by atoms with E-state index < -0.39 is 0 Å². The van der Waals surface area contributed by atoms with Gasteiger partial charge in [-0.2, -0.15) is 10.2 Å². The van der Waals surface area contributed by atoms with Crippen molar-refractivity contribution in [2.45, 2.75) is 18.9 Å². The SMILES string of the molecule is CN1CCC(C(N)c2cccnn2)CC1. The fraction of sp³-hybridized carbons (Fsp3) is 0.636. The molecule has 2 rings (SSSR count). The van der Waals surface area contributed by atoms with Crippen LogP contribution in [0.1, 0.15) is 24.6 Å². The van der Waals surface area contributed by atoms with Crippen molar-refractivity contribution < 1.29 is 0 Å². The van der Waals surface area contributed by atoms with Gasteiger partial charge in [-0.3, -0.25) is 0 Å². The van der Waals surface area contributed by atoms with Crippen molar-refractivity contribution >= 4 is 0 Å². The van der Waals surface area contributed by atoms with E-state index in [4.69, 9.17) is 5.73 Å².